The fraction of sp³-hybridized carbons (Fsp3) is 0.308. The second-order valence-corrected chi connectivity index (χ2v) is 8.78. The number of likely N-dealkylation sites (tertiary alicyclic amines) is 1. The summed E-state index contributed by atoms with van der Waals surface area (Å²) in [7, 11) is 0. The number of pyridine rings is 1. The molecule has 3 heterocycles. The molecule has 1 atom stereocenters. The minimum Gasteiger partial charge on any atom is -0.452 e. The minimum absolute atomic E-state index is 0.0219. The van der Waals surface area contributed by atoms with Crippen molar-refractivity contribution >= 4 is 27.8 Å². The summed E-state index contributed by atoms with van der Waals surface area (Å²) in [5.41, 5.74) is 4.02. The number of carbonyl (C=O) groups is 1. The van der Waals surface area contributed by atoms with Crippen LogP contribution in [-0.2, 0) is 11.3 Å². The number of fused-ring (bicyclic) bond motifs is 3. The quantitative estimate of drug-likeness (QED) is 0.350. The second kappa shape index (κ2) is 8.46. The largest absolute Gasteiger partial charge is 0.452 e. The SMILES string of the molecule is CC(C)c1ccc(CN2CC(c3ccc(OC(F)F)c4oc5ccncc5c34)CC2=O)cc1. The Kier molecular flexibility index (Phi) is 5.48. The van der Waals surface area contributed by atoms with Crippen LogP contribution in [0.25, 0.3) is 21.9 Å². The van der Waals surface area contributed by atoms with Crippen LogP contribution in [0.5, 0.6) is 5.75 Å². The molecule has 2 aromatic heterocycles. The van der Waals surface area contributed by atoms with Crippen LogP contribution in [0.1, 0.15) is 48.8 Å². The molecule has 0 N–H and O–H groups in total. The first-order valence-corrected chi connectivity index (χ1v) is 11.0. The summed E-state index contributed by atoms with van der Waals surface area (Å²) in [5.74, 6) is 0.415. The van der Waals surface area contributed by atoms with Crippen molar-refractivity contribution in [2.45, 2.75) is 45.3 Å². The van der Waals surface area contributed by atoms with E-state index in [1.54, 1.807) is 24.5 Å². The maximum absolute atomic E-state index is 13.0. The molecule has 1 aliphatic rings. The molecule has 0 spiro atoms. The molecule has 0 bridgehead atoms. The summed E-state index contributed by atoms with van der Waals surface area (Å²) in [6.45, 7) is 2.42. The number of halogens is 2. The molecular formula is C26H24F2N2O3. The number of hydrogen-bond donors (Lipinski definition) is 0. The van der Waals surface area contributed by atoms with Crippen LogP contribution in [0.4, 0.5) is 8.78 Å². The van der Waals surface area contributed by atoms with Crippen LogP contribution >= 0.6 is 0 Å². The van der Waals surface area contributed by atoms with Crippen LogP contribution in [0, 0.1) is 0 Å². The van der Waals surface area contributed by atoms with E-state index < -0.39 is 6.61 Å². The van der Waals surface area contributed by atoms with Gasteiger partial charge in [0.05, 0.1) is 0 Å². The Morgan fingerprint density at radius 3 is 2.67 bits per heavy atom. The van der Waals surface area contributed by atoms with Crippen molar-refractivity contribution in [2.75, 3.05) is 6.54 Å². The van der Waals surface area contributed by atoms with Crippen LogP contribution in [-0.4, -0.2) is 28.9 Å². The van der Waals surface area contributed by atoms with Gasteiger partial charge in [0.15, 0.2) is 11.3 Å². The Labute approximate surface area is 190 Å². The van der Waals surface area contributed by atoms with E-state index in [2.05, 4.69) is 43.1 Å². The highest BCUT2D eigenvalue weighted by Crippen LogP contribution is 2.42. The molecule has 170 valence electrons. The molecule has 2 aromatic carbocycles. The predicted octanol–water partition coefficient (Wildman–Crippen LogP) is 6.22. The van der Waals surface area contributed by atoms with Crippen LogP contribution in [0.3, 0.4) is 0 Å². The number of aromatic nitrogens is 1. The van der Waals surface area contributed by atoms with E-state index in [4.69, 9.17) is 9.15 Å². The zero-order chi connectivity index (χ0) is 23.1. The van der Waals surface area contributed by atoms with E-state index in [-0.39, 0.29) is 23.2 Å². The lowest BCUT2D eigenvalue weighted by Crippen LogP contribution is -2.24. The first kappa shape index (κ1) is 21.4. The molecule has 1 fully saturated rings. The fourth-order valence-corrected chi connectivity index (χ4v) is 4.62. The number of hydrogen-bond acceptors (Lipinski definition) is 4. The van der Waals surface area contributed by atoms with Crippen molar-refractivity contribution in [2.24, 2.45) is 0 Å². The van der Waals surface area contributed by atoms with Crippen LogP contribution < -0.4 is 4.74 Å². The van der Waals surface area contributed by atoms with E-state index in [0.717, 1.165) is 16.5 Å². The van der Waals surface area contributed by atoms with Gasteiger partial charge in [-0.3, -0.25) is 9.78 Å². The van der Waals surface area contributed by atoms with Crippen molar-refractivity contribution in [3.63, 3.8) is 0 Å². The first-order valence-electron chi connectivity index (χ1n) is 11.0. The lowest BCUT2D eigenvalue weighted by Gasteiger charge is -2.18. The molecule has 1 aliphatic heterocycles. The van der Waals surface area contributed by atoms with Gasteiger partial charge in [-0.2, -0.15) is 8.78 Å². The molecule has 4 aromatic rings. The topological polar surface area (TPSA) is 55.6 Å². The Hall–Kier alpha value is -3.48. The van der Waals surface area contributed by atoms with Crippen molar-refractivity contribution in [1.29, 1.82) is 0 Å². The molecule has 1 unspecified atom stereocenters. The van der Waals surface area contributed by atoms with Crippen molar-refractivity contribution in [1.82, 2.24) is 9.88 Å². The molecule has 0 aliphatic carbocycles. The van der Waals surface area contributed by atoms with E-state index in [9.17, 15) is 13.6 Å². The average molecular weight is 450 g/mol. The average Bonchev–Trinajstić information content (AvgIpc) is 3.35. The maximum Gasteiger partial charge on any atom is 0.387 e. The lowest BCUT2D eigenvalue weighted by molar-refractivity contribution is -0.128. The smallest absolute Gasteiger partial charge is 0.387 e. The second-order valence-electron chi connectivity index (χ2n) is 8.78. The van der Waals surface area contributed by atoms with Gasteiger partial charge in [-0.25, -0.2) is 0 Å². The minimum atomic E-state index is -2.96. The Morgan fingerprint density at radius 2 is 1.94 bits per heavy atom. The zero-order valence-corrected chi connectivity index (χ0v) is 18.4. The number of amides is 1. The molecule has 1 amide bonds. The zero-order valence-electron chi connectivity index (χ0n) is 18.4. The van der Waals surface area contributed by atoms with Crippen molar-refractivity contribution in [3.8, 4) is 5.75 Å². The highest BCUT2D eigenvalue weighted by Gasteiger charge is 2.33. The normalized spacial score (nSPS) is 16.6. The van der Waals surface area contributed by atoms with Gasteiger partial charge in [0.2, 0.25) is 5.91 Å². The molecule has 1 saturated heterocycles. The van der Waals surface area contributed by atoms with E-state index in [1.165, 1.54) is 11.6 Å². The third-order valence-electron chi connectivity index (χ3n) is 6.31. The number of rotatable bonds is 6. The number of ether oxygens (including phenoxy) is 1. The standard InChI is InChI=1S/C26H24F2N2O3/c1-15(2)17-5-3-16(4-6-17)13-30-14-18(11-23(30)31)19-7-8-22(33-26(27)28)25-24(19)20-12-29-10-9-21(20)32-25/h3-10,12,15,18,26H,11,13-14H2,1-2H3. The highest BCUT2D eigenvalue weighted by atomic mass is 19.3. The predicted molar refractivity (Wildman–Crippen MR) is 121 cm³/mol. The summed E-state index contributed by atoms with van der Waals surface area (Å²) in [4.78, 5) is 18.9. The van der Waals surface area contributed by atoms with Gasteiger partial charge in [-0.1, -0.05) is 44.2 Å². The van der Waals surface area contributed by atoms with E-state index >= 15 is 0 Å². The summed E-state index contributed by atoms with van der Waals surface area (Å²) in [6, 6.07) is 13.3. The number of benzene rings is 2. The van der Waals surface area contributed by atoms with Crippen LogP contribution in [0.15, 0.2) is 59.3 Å². The van der Waals surface area contributed by atoms with Crippen molar-refractivity contribution in [3.05, 3.63) is 71.5 Å². The summed E-state index contributed by atoms with van der Waals surface area (Å²) in [6.07, 6.45) is 3.59. The molecule has 5 rings (SSSR count). The summed E-state index contributed by atoms with van der Waals surface area (Å²) >= 11 is 0. The third kappa shape index (κ3) is 4.03. The lowest BCUT2D eigenvalue weighted by atomic mass is 9.93. The maximum atomic E-state index is 13.0. The van der Waals surface area contributed by atoms with E-state index in [1.807, 2.05) is 4.90 Å². The Bertz CT molecular complexity index is 1310. The van der Waals surface area contributed by atoms with E-state index in [0.29, 0.717) is 36.4 Å². The summed E-state index contributed by atoms with van der Waals surface area (Å²) in [5, 5.41) is 1.40. The van der Waals surface area contributed by atoms with Crippen molar-refractivity contribution < 1.29 is 22.7 Å². The molecule has 0 saturated carbocycles. The number of carbonyl (C=O) groups excluding carboxylic acids is 1. The Balaban J connectivity index is 1.47. The van der Waals surface area contributed by atoms with Gasteiger partial charge in [0.25, 0.3) is 0 Å². The number of nitrogens with zero attached hydrogens (tertiary/aromatic N) is 2. The number of furan rings is 1. The van der Waals surface area contributed by atoms with Gasteiger partial charge in [0.1, 0.15) is 5.58 Å². The number of alkyl halides is 2. The molecule has 0 radical (unpaired) electrons. The van der Waals surface area contributed by atoms with Gasteiger partial charge in [0, 0.05) is 48.6 Å². The summed E-state index contributed by atoms with van der Waals surface area (Å²) < 4.78 is 36.5. The van der Waals surface area contributed by atoms with Gasteiger partial charge in [-0.05, 0) is 34.7 Å². The molecule has 33 heavy (non-hydrogen) atoms. The van der Waals surface area contributed by atoms with Gasteiger partial charge >= 0.3 is 6.61 Å². The first-order chi connectivity index (χ1) is 15.9. The third-order valence-corrected chi connectivity index (χ3v) is 6.31. The van der Waals surface area contributed by atoms with Gasteiger partial charge in [-0.15, -0.1) is 0 Å². The molecule has 5 nitrogen and oxygen atoms in total. The van der Waals surface area contributed by atoms with Crippen LogP contribution in [0.2, 0.25) is 0 Å². The van der Waals surface area contributed by atoms with Gasteiger partial charge < -0.3 is 14.1 Å². The fourth-order valence-electron chi connectivity index (χ4n) is 4.62. The Morgan fingerprint density at radius 1 is 1.15 bits per heavy atom. The monoisotopic (exact) mass is 450 g/mol. The molecule has 7 heteroatoms. The molecular weight excluding hydrogens is 426 g/mol. The highest BCUT2D eigenvalue weighted by molar-refractivity contribution is 6.08.